The topological polar surface area (TPSA) is 107 Å². The van der Waals surface area contributed by atoms with E-state index in [0.717, 1.165) is 6.42 Å². The second-order valence-corrected chi connectivity index (χ2v) is 6.36. The van der Waals surface area contributed by atoms with E-state index >= 15 is 0 Å². The molecule has 0 saturated heterocycles. The van der Waals surface area contributed by atoms with Gasteiger partial charge in [-0.3, -0.25) is 4.79 Å². The van der Waals surface area contributed by atoms with E-state index in [1.54, 1.807) is 18.4 Å². The van der Waals surface area contributed by atoms with Gasteiger partial charge in [0.15, 0.2) is 5.03 Å². The molecule has 1 aromatic heterocycles. The van der Waals surface area contributed by atoms with Crippen molar-refractivity contribution in [1.29, 1.82) is 0 Å². The van der Waals surface area contributed by atoms with E-state index in [1.165, 1.54) is 12.5 Å². The summed E-state index contributed by atoms with van der Waals surface area (Å²) in [6.07, 6.45) is 3.76. The van der Waals surface area contributed by atoms with Crippen LogP contribution < -0.4 is 10.5 Å². The van der Waals surface area contributed by atoms with E-state index < -0.39 is 22.0 Å². The SMILES string of the molecule is CCCn1cnc(S(=O)(=O)N[C@@H](C(N)=O)C(C)C)c1. The number of carbonyl (C=O) groups excluding carboxylic acids is 1. The van der Waals surface area contributed by atoms with Crippen molar-refractivity contribution in [3.05, 3.63) is 12.5 Å². The fourth-order valence-electron chi connectivity index (χ4n) is 1.61. The number of rotatable bonds is 7. The fraction of sp³-hybridized carbons (Fsp3) is 0.636. The molecule has 7 nitrogen and oxygen atoms in total. The van der Waals surface area contributed by atoms with Crippen LogP contribution >= 0.6 is 0 Å². The first-order chi connectivity index (χ1) is 8.77. The van der Waals surface area contributed by atoms with Crippen molar-refractivity contribution in [2.24, 2.45) is 11.7 Å². The minimum absolute atomic E-state index is 0.104. The van der Waals surface area contributed by atoms with Crippen LogP contribution in [0.5, 0.6) is 0 Å². The van der Waals surface area contributed by atoms with Crippen LogP contribution in [-0.2, 0) is 21.4 Å². The van der Waals surface area contributed by atoms with Crippen LogP contribution in [0, 0.1) is 5.92 Å². The highest BCUT2D eigenvalue weighted by atomic mass is 32.2. The Bertz CT molecular complexity index is 536. The van der Waals surface area contributed by atoms with E-state index in [-0.39, 0.29) is 10.9 Å². The molecule has 0 aromatic carbocycles. The molecule has 0 aliphatic heterocycles. The van der Waals surface area contributed by atoms with E-state index in [1.807, 2.05) is 6.92 Å². The van der Waals surface area contributed by atoms with Gasteiger partial charge in [-0.05, 0) is 12.3 Å². The maximum atomic E-state index is 12.1. The summed E-state index contributed by atoms with van der Waals surface area (Å²) in [5, 5.41) is -0.104. The molecule has 0 saturated carbocycles. The van der Waals surface area contributed by atoms with Crippen molar-refractivity contribution >= 4 is 15.9 Å². The molecule has 0 fully saturated rings. The highest BCUT2D eigenvalue weighted by Crippen LogP contribution is 2.10. The molecular weight excluding hydrogens is 268 g/mol. The van der Waals surface area contributed by atoms with Gasteiger partial charge in [0.05, 0.1) is 6.33 Å². The number of hydrogen-bond acceptors (Lipinski definition) is 4. The Kier molecular flexibility index (Phi) is 5.07. The van der Waals surface area contributed by atoms with Gasteiger partial charge in [0.25, 0.3) is 10.0 Å². The van der Waals surface area contributed by atoms with Crippen molar-refractivity contribution in [3.63, 3.8) is 0 Å². The third-order valence-corrected chi connectivity index (χ3v) is 3.95. The third-order valence-electron chi connectivity index (χ3n) is 2.62. The lowest BCUT2D eigenvalue weighted by Gasteiger charge is -2.17. The number of nitrogens with two attached hydrogens (primary N) is 1. The summed E-state index contributed by atoms with van der Waals surface area (Å²) in [5.41, 5.74) is 5.18. The Hall–Kier alpha value is -1.41. The zero-order valence-electron chi connectivity index (χ0n) is 11.3. The van der Waals surface area contributed by atoms with E-state index in [0.29, 0.717) is 6.54 Å². The molecule has 1 amide bonds. The second-order valence-electron chi connectivity index (χ2n) is 4.70. The number of amides is 1. The van der Waals surface area contributed by atoms with Gasteiger partial charge in [0.2, 0.25) is 5.91 Å². The summed E-state index contributed by atoms with van der Waals surface area (Å²) in [6, 6.07) is -0.943. The van der Waals surface area contributed by atoms with Gasteiger partial charge < -0.3 is 10.3 Å². The van der Waals surface area contributed by atoms with Gasteiger partial charge in [-0.25, -0.2) is 13.4 Å². The Morgan fingerprint density at radius 1 is 1.53 bits per heavy atom. The van der Waals surface area contributed by atoms with Gasteiger partial charge in [0.1, 0.15) is 6.04 Å². The first-order valence-corrected chi connectivity index (χ1v) is 7.59. The molecule has 0 bridgehead atoms. The predicted octanol–water partition coefficient (Wildman–Crippen LogP) is 0.0813. The van der Waals surface area contributed by atoms with Crippen molar-refractivity contribution in [1.82, 2.24) is 14.3 Å². The average Bonchev–Trinajstić information content (AvgIpc) is 2.75. The van der Waals surface area contributed by atoms with E-state index in [9.17, 15) is 13.2 Å². The molecule has 0 radical (unpaired) electrons. The maximum absolute atomic E-state index is 12.1. The average molecular weight is 288 g/mol. The number of nitrogens with one attached hydrogen (secondary N) is 1. The smallest absolute Gasteiger partial charge is 0.260 e. The molecule has 0 spiro atoms. The molecule has 19 heavy (non-hydrogen) atoms. The van der Waals surface area contributed by atoms with Crippen molar-refractivity contribution in [2.75, 3.05) is 0 Å². The number of aromatic nitrogens is 2. The van der Waals surface area contributed by atoms with E-state index in [2.05, 4.69) is 9.71 Å². The van der Waals surface area contributed by atoms with Crippen molar-refractivity contribution in [3.8, 4) is 0 Å². The van der Waals surface area contributed by atoms with Gasteiger partial charge >= 0.3 is 0 Å². The molecule has 0 aliphatic rings. The molecule has 1 aromatic rings. The lowest BCUT2D eigenvalue weighted by Crippen LogP contribution is -2.47. The molecule has 1 heterocycles. The molecule has 3 N–H and O–H groups in total. The molecule has 0 aliphatic carbocycles. The minimum Gasteiger partial charge on any atom is -0.368 e. The zero-order chi connectivity index (χ0) is 14.6. The fourth-order valence-corrected chi connectivity index (χ4v) is 2.91. The predicted molar refractivity (Wildman–Crippen MR) is 70.7 cm³/mol. The highest BCUT2D eigenvalue weighted by molar-refractivity contribution is 7.89. The molecule has 0 unspecified atom stereocenters. The molecule has 1 atom stereocenters. The lowest BCUT2D eigenvalue weighted by molar-refractivity contribution is -0.120. The van der Waals surface area contributed by atoms with Crippen LogP contribution in [0.25, 0.3) is 0 Å². The largest absolute Gasteiger partial charge is 0.368 e. The number of carbonyl (C=O) groups is 1. The van der Waals surface area contributed by atoms with Crippen LogP contribution in [0.1, 0.15) is 27.2 Å². The van der Waals surface area contributed by atoms with Crippen molar-refractivity contribution in [2.45, 2.75) is 44.8 Å². The number of aryl methyl sites for hydroxylation is 1. The monoisotopic (exact) mass is 288 g/mol. The third kappa shape index (κ3) is 4.03. The Labute approximate surface area is 113 Å². The van der Waals surface area contributed by atoms with Crippen LogP contribution in [0.15, 0.2) is 17.6 Å². The summed E-state index contributed by atoms with van der Waals surface area (Å²) in [6.45, 7) is 6.10. The number of nitrogens with zero attached hydrogens (tertiary/aromatic N) is 2. The number of primary amides is 1. The van der Waals surface area contributed by atoms with Crippen molar-refractivity contribution < 1.29 is 13.2 Å². The normalized spacial score (nSPS) is 13.7. The van der Waals surface area contributed by atoms with Crippen LogP contribution in [-0.4, -0.2) is 29.9 Å². The quantitative estimate of drug-likeness (QED) is 0.741. The lowest BCUT2D eigenvalue weighted by atomic mass is 10.1. The summed E-state index contributed by atoms with van der Waals surface area (Å²) >= 11 is 0. The highest BCUT2D eigenvalue weighted by Gasteiger charge is 2.27. The summed E-state index contributed by atoms with van der Waals surface area (Å²) in [7, 11) is -3.83. The number of hydrogen-bond donors (Lipinski definition) is 2. The standard InChI is InChI=1S/C11H20N4O3S/c1-4-5-15-6-9(13-7-15)19(17,18)14-10(8(2)3)11(12)16/h6-8,10,14H,4-5H2,1-3H3,(H2,12,16)/t10-/m1/s1. The first kappa shape index (κ1) is 15.6. The Morgan fingerprint density at radius 3 is 2.63 bits per heavy atom. The molecule has 8 heteroatoms. The van der Waals surface area contributed by atoms with Crippen LogP contribution in [0.3, 0.4) is 0 Å². The molecule has 108 valence electrons. The summed E-state index contributed by atoms with van der Waals surface area (Å²) in [5.74, 6) is -0.934. The second kappa shape index (κ2) is 6.16. The zero-order valence-corrected chi connectivity index (χ0v) is 12.1. The summed E-state index contributed by atoms with van der Waals surface area (Å²) < 4.78 is 28.1. The maximum Gasteiger partial charge on any atom is 0.260 e. The number of imidazole rings is 1. The molecule has 1 rings (SSSR count). The van der Waals surface area contributed by atoms with Gasteiger partial charge in [-0.15, -0.1) is 0 Å². The van der Waals surface area contributed by atoms with Crippen LogP contribution in [0.2, 0.25) is 0 Å². The summed E-state index contributed by atoms with van der Waals surface area (Å²) in [4.78, 5) is 15.1. The minimum atomic E-state index is -3.83. The van der Waals surface area contributed by atoms with Crippen LogP contribution in [0.4, 0.5) is 0 Å². The van der Waals surface area contributed by atoms with Gasteiger partial charge in [-0.2, -0.15) is 4.72 Å². The Balaban J connectivity index is 2.93. The molecular formula is C11H20N4O3S. The number of sulfonamides is 1. The van der Waals surface area contributed by atoms with E-state index in [4.69, 9.17) is 5.73 Å². The van der Waals surface area contributed by atoms with Gasteiger partial charge in [0, 0.05) is 12.7 Å². The Morgan fingerprint density at radius 2 is 2.16 bits per heavy atom. The first-order valence-electron chi connectivity index (χ1n) is 6.11. The van der Waals surface area contributed by atoms with Gasteiger partial charge in [-0.1, -0.05) is 20.8 Å².